The molecule has 1 aliphatic rings. The van der Waals surface area contributed by atoms with Crippen LogP contribution in [0.3, 0.4) is 0 Å². The van der Waals surface area contributed by atoms with Crippen molar-refractivity contribution in [1.82, 2.24) is 10.2 Å². The van der Waals surface area contributed by atoms with Crippen LogP contribution in [0.4, 0.5) is 0 Å². The predicted octanol–water partition coefficient (Wildman–Crippen LogP) is 0.690. The van der Waals surface area contributed by atoms with Crippen molar-refractivity contribution in [3.63, 3.8) is 0 Å². The number of likely N-dealkylation sites (N-methyl/N-ethyl adjacent to an activating group) is 1. The third kappa shape index (κ3) is 1.96. The highest BCUT2D eigenvalue weighted by Gasteiger charge is 2.13. The van der Waals surface area contributed by atoms with Gasteiger partial charge >= 0.3 is 0 Å². The lowest BCUT2D eigenvalue weighted by Gasteiger charge is -2.23. The second-order valence-corrected chi connectivity index (χ2v) is 3.08. The van der Waals surface area contributed by atoms with E-state index < -0.39 is 0 Å². The Morgan fingerprint density at radius 1 is 1.50 bits per heavy atom. The van der Waals surface area contributed by atoms with Gasteiger partial charge in [0, 0.05) is 19.1 Å². The van der Waals surface area contributed by atoms with E-state index in [2.05, 4.69) is 24.2 Å². The first-order chi connectivity index (χ1) is 4.84. The second kappa shape index (κ2) is 3.94. The molecule has 1 heterocycles. The van der Waals surface area contributed by atoms with Gasteiger partial charge in [-0.25, -0.2) is 0 Å². The van der Waals surface area contributed by atoms with Crippen LogP contribution < -0.4 is 5.32 Å². The van der Waals surface area contributed by atoms with Crippen LogP contribution in [0.1, 0.15) is 19.8 Å². The fourth-order valence-electron chi connectivity index (χ4n) is 1.57. The number of nitrogens with zero attached hydrogens (tertiary/aromatic N) is 1. The quantitative estimate of drug-likeness (QED) is 0.579. The van der Waals surface area contributed by atoms with Gasteiger partial charge in [0.05, 0.1) is 0 Å². The number of hydrogen-bond acceptors (Lipinski definition) is 2. The van der Waals surface area contributed by atoms with Gasteiger partial charge in [-0.15, -0.1) is 0 Å². The summed E-state index contributed by atoms with van der Waals surface area (Å²) in [6, 6.07) is 0.815. The van der Waals surface area contributed by atoms with Crippen molar-refractivity contribution in [1.29, 1.82) is 0 Å². The van der Waals surface area contributed by atoms with Crippen molar-refractivity contribution in [2.24, 2.45) is 0 Å². The number of rotatable bonds is 1. The smallest absolute Gasteiger partial charge is 0.0107 e. The minimum Gasteiger partial charge on any atom is -0.315 e. The second-order valence-electron chi connectivity index (χ2n) is 3.08. The Bertz CT molecular complexity index is 93.3. The summed E-state index contributed by atoms with van der Waals surface area (Å²) < 4.78 is 0. The van der Waals surface area contributed by atoms with Crippen molar-refractivity contribution in [3.8, 4) is 0 Å². The van der Waals surface area contributed by atoms with Crippen LogP contribution in [0.25, 0.3) is 0 Å². The van der Waals surface area contributed by atoms with Gasteiger partial charge in [-0.05, 0) is 26.4 Å². The molecule has 0 saturated carbocycles. The van der Waals surface area contributed by atoms with E-state index in [0.717, 1.165) is 12.6 Å². The zero-order valence-corrected chi connectivity index (χ0v) is 7.06. The monoisotopic (exact) mass is 142 g/mol. The zero-order chi connectivity index (χ0) is 7.40. The van der Waals surface area contributed by atoms with E-state index in [1.54, 1.807) is 0 Å². The molecule has 0 unspecified atom stereocenters. The fourth-order valence-corrected chi connectivity index (χ4v) is 1.57. The maximum atomic E-state index is 3.40. The molecule has 0 spiro atoms. The van der Waals surface area contributed by atoms with Crippen molar-refractivity contribution < 1.29 is 0 Å². The van der Waals surface area contributed by atoms with Crippen LogP contribution in [-0.4, -0.2) is 37.6 Å². The average molecular weight is 142 g/mol. The Morgan fingerprint density at radius 3 is 3.00 bits per heavy atom. The van der Waals surface area contributed by atoms with Gasteiger partial charge in [0.2, 0.25) is 0 Å². The normalized spacial score (nSPS) is 30.0. The van der Waals surface area contributed by atoms with Crippen molar-refractivity contribution in [3.05, 3.63) is 0 Å². The molecule has 0 amide bonds. The van der Waals surface area contributed by atoms with Gasteiger partial charge in [0.1, 0.15) is 0 Å². The molecule has 1 atom stereocenters. The van der Waals surface area contributed by atoms with Gasteiger partial charge in [-0.2, -0.15) is 0 Å². The highest BCUT2D eigenvalue weighted by Crippen LogP contribution is 2.06. The van der Waals surface area contributed by atoms with E-state index in [4.69, 9.17) is 0 Å². The highest BCUT2D eigenvalue weighted by atomic mass is 15.2. The number of nitrogens with one attached hydrogen (secondary N) is 1. The maximum Gasteiger partial charge on any atom is 0.0107 e. The molecular weight excluding hydrogens is 124 g/mol. The molecule has 0 bridgehead atoms. The molecule has 2 nitrogen and oxygen atoms in total. The lowest BCUT2D eigenvalue weighted by atomic mass is 10.1. The van der Waals surface area contributed by atoms with Crippen LogP contribution in [0, 0.1) is 0 Å². The molecule has 60 valence electrons. The molecule has 1 N–H and O–H groups in total. The van der Waals surface area contributed by atoms with Crippen LogP contribution in [-0.2, 0) is 0 Å². The van der Waals surface area contributed by atoms with Gasteiger partial charge in [-0.1, -0.05) is 6.92 Å². The molecule has 1 saturated heterocycles. The maximum absolute atomic E-state index is 3.40. The summed E-state index contributed by atoms with van der Waals surface area (Å²) >= 11 is 0. The first kappa shape index (κ1) is 8.02. The van der Waals surface area contributed by atoms with Gasteiger partial charge in [0.25, 0.3) is 0 Å². The lowest BCUT2D eigenvalue weighted by Crippen LogP contribution is -2.31. The molecular formula is C8H18N2. The molecule has 1 aliphatic heterocycles. The van der Waals surface area contributed by atoms with E-state index in [1.165, 1.54) is 25.9 Å². The topological polar surface area (TPSA) is 15.3 Å². The van der Waals surface area contributed by atoms with E-state index in [0.29, 0.717) is 0 Å². The Labute approximate surface area is 63.6 Å². The molecule has 10 heavy (non-hydrogen) atoms. The zero-order valence-electron chi connectivity index (χ0n) is 7.06. The Hall–Kier alpha value is -0.0800. The van der Waals surface area contributed by atoms with Crippen LogP contribution >= 0.6 is 0 Å². The van der Waals surface area contributed by atoms with E-state index in [9.17, 15) is 0 Å². The minimum atomic E-state index is 0.815. The Balaban J connectivity index is 2.35. The summed E-state index contributed by atoms with van der Waals surface area (Å²) in [4.78, 5) is 2.46. The molecule has 0 aromatic rings. The third-order valence-corrected chi connectivity index (χ3v) is 2.39. The largest absolute Gasteiger partial charge is 0.315 e. The summed E-state index contributed by atoms with van der Waals surface area (Å²) in [5.41, 5.74) is 0. The standard InChI is InChI=1S/C8H18N2/c1-3-8-4-5-9-6-7-10(8)2/h8-9H,3-7H2,1-2H3/t8-/m1/s1. The Morgan fingerprint density at radius 2 is 2.30 bits per heavy atom. The highest BCUT2D eigenvalue weighted by molar-refractivity contribution is 4.72. The SMILES string of the molecule is CC[C@@H]1CCNCCN1C. The molecule has 0 radical (unpaired) electrons. The molecule has 1 rings (SSSR count). The first-order valence-corrected chi connectivity index (χ1v) is 4.25. The summed E-state index contributed by atoms with van der Waals surface area (Å²) in [7, 11) is 2.22. The fraction of sp³-hybridized carbons (Fsp3) is 1.00. The summed E-state index contributed by atoms with van der Waals surface area (Å²) in [6.45, 7) is 5.83. The van der Waals surface area contributed by atoms with Crippen LogP contribution in [0.2, 0.25) is 0 Å². The Kier molecular flexibility index (Phi) is 3.16. The average Bonchev–Trinajstić information content (AvgIpc) is 2.13. The molecule has 0 aromatic carbocycles. The van der Waals surface area contributed by atoms with E-state index in [1.807, 2.05) is 0 Å². The summed E-state index contributed by atoms with van der Waals surface area (Å²) in [5, 5.41) is 3.40. The van der Waals surface area contributed by atoms with E-state index >= 15 is 0 Å². The van der Waals surface area contributed by atoms with Crippen molar-refractivity contribution >= 4 is 0 Å². The predicted molar refractivity (Wildman–Crippen MR) is 44.2 cm³/mol. The molecule has 0 aromatic heterocycles. The van der Waals surface area contributed by atoms with Gasteiger partial charge in [-0.3, -0.25) is 0 Å². The van der Waals surface area contributed by atoms with Gasteiger partial charge < -0.3 is 10.2 Å². The van der Waals surface area contributed by atoms with Crippen LogP contribution in [0.15, 0.2) is 0 Å². The van der Waals surface area contributed by atoms with Gasteiger partial charge in [0.15, 0.2) is 0 Å². The summed E-state index contributed by atoms with van der Waals surface area (Å²) in [6.07, 6.45) is 2.60. The molecule has 1 fully saturated rings. The first-order valence-electron chi connectivity index (χ1n) is 4.25. The lowest BCUT2D eigenvalue weighted by molar-refractivity contribution is 0.248. The van der Waals surface area contributed by atoms with Crippen molar-refractivity contribution in [2.45, 2.75) is 25.8 Å². The van der Waals surface area contributed by atoms with Crippen molar-refractivity contribution in [2.75, 3.05) is 26.7 Å². The minimum absolute atomic E-state index is 0.815. The van der Waals surface area contributed by atoms with E-state index in [-0.39, 0.29) is 0 Å². The molecule has 0 aliphatic carbocycles. The third-order valence-electron chi connectivity index (χ3n) is 2.39. The summed E-state index contributed by atoms with van der Waals surface area (Å²) in [5.74, 6) is 0. The molecule has 2 heteroatoms. The van der Waals surface area contributed by atoms with Crippen LogP contribution in [0.5, 0.6) is 0 Å². The number of hydrogen-bond donors (Lipinski definition) is 1.